The number of nitrogens with one attached hydrogen (secondary N) is 2. The zero-order chi connectivity index (χ0) is 15.4. The summed E-state index contributed by atoms with van der Waals surface area (Å²) in [5, 5.41) is 15.0. The van der Waals surface area contributed by atoms with Crippen molar-refractivity contribution in [3.8, 4) is 5.75 Å². The Morgan fingerprint density at radius 1 is 1.24 bits per heavy atom. The lowest BCUT2D eigenvalue weighted by Crippen LogP contribution is -2.34. The highest BCUT2D eigenvalue weighted by atomic mass is 79.9. The zero-order valence-corrected chi connectivity index (χ0v) is 13.6. The van der Waals surface area contributed by atoms with Crippen molar-refractivity contribution in [1.82, 2.24) is 5.32 Å². The molecule has 1 amide bonds. The zero-order valence-electron chi connectivity index (χ0n) is 11.2. The Bertz CT molecular complexity index is 704. The molecule has 0 aromatic heterocycles. The lowest BCUT2D eigenvalue weighted by atomic mass is 10.1. The van der Waals surface area contributed by atoms with Gasteiger partial charge in [-0.25, -0.2) is 0 Å². The van der Waals surface area contributed by atoms with Crippen molar-refractivity contribution in [2.75, 3.05) is 5.32 Å². The third-order valence-electron chi connectivity index (χ3n) is 2.77. The second kappa shape index (κ2) is 6.69. The molecule has 108 valence electrons. The Morgan fingerprint density at radius 3 is 2.67 bits per heavy atom. The number of carbonyl (C=O) groups excluding carboxylic acids is 1. The first-order valence-electron chi connectivity index (χ1n) is 6.13. The quantitative estimate of drug-likeness (QED) is 0.712. The number of hydrogen-bond acceptors (Lipinski definition) is 3. The molecule has 0 spiro atoms. The molecule has 0 fully saturated rings. The van der Waals surface area contributed by atoms with Crippen LogP contribution >= 0.6 is 28.1 Å². The van der Waals surface area contributed by atoms with Crippen molar-refractivity contribution in [3.05, 3.63) is 58.1 Å². The maximum Gasteiger partial charge on any atom is 0.257 e. The molecule has 2 rings (SSSR count). The number of carbonyl (C=O) groups is 1. The van der Waals surface area contributed by atoms with E-state index in [2.05, 4.69) is 26.6 Å². The maximum atomic E-state index is 12.1. The van der Waals surface area contributed by atoms with Crippen molar-refractivity contribution in [2.24, 2.45) is 0 Å². The summed E-state index contributed by atoms with van der Waals surface area (Å²) in [5.41, 5.74) is 2.16. The van der Waals surface area contributed by atoms with Crippen LogP contribution in [0.3, 0.4) is 0 Å². The highest BCUT2D eigenvalue weighted by molar-refractivity contribution is 9.10. The van der Waals surface area contributed by atoms with E-state index < -0.39 is 0 Å². The average molecular weight is 365 g/mol. The summed E-state index contributed by atoms with van der Waals surface area (Å²) in [6.07, 6.45) is 0. The summed E-state index contributed by atoms with van der Waals surface area (Å²) >= 11 is 8.46. The lowest BCUT2D eigenvalue weighted by molar-refractivity contribution is 0.0977. The van der Waals surface area contributed by atoms with Gasteiger partial charge in [0.15, 0.2) is 5.11 Å². The van der Waals surface area contributed by atoms with Crippen LogP contribution in [0.5, 0.6) is 5.75 Å². The van der Waals surface area contributed by atoms with Gasteiger partial charge in [-0.1, -0.05) is 28.1 Å². The van der Waals surface area contributed by atoms with Gasteiger partial charge in [0.25, 0.3) is 5.91 Å². The molecule has 0 aliphatic rings. The minimum absolute atomic E-state index is 0.122. The number of hydrogen-bond donors (Lipinski definition) is 3. The molecule has 0 aliphatic carbocycles. The van der Waals surface area contributed by atoms with Crippen LogP contribution in [0.1, 0.15) is 15.9 Å². The number of aromatic hydroxyl groups is 1. The lowest BCUT2D eigenvalue weighted by Gasteiger charge is -2.10. The minimum atomic E-state index is -0.298. The Morgan fingerprint density at radius 2 is 2.00 bits per heavy atom. The normalized spacial score (nSPS) is 10.0. The maximum absolute atomic E-state index is 12.1. The van der Waals surface area contributed by atoms with E-state index in [-0.39, 0.29) is 16.8 Å². The summed E-state index contributed by atoms with van der Waals surface area (Å²) < 4.78 is 0.863. The summed E-state index contributed by atoms with van der Waals surface area (Å²) in [5.74, 6) is -0.176. The van der Waals surface area contributed by atoms with Gasteiger partial charge < -0.3 is 10.4 Å². The van der Waals surface area contributed by atoms with Crippen LogP contribution in [0.15, 0.2) is 46.9 Å². The number of thiocarbonyl (C=S) groups is 1. The number of anilines is 1. The van der Waals surface area contributed by atoms with Crippen LogP contribution in [-0.4, -0.2) is 16.1 Å². The Hall–Kier alpha value is -1.92. The molecular formula is C15H13BrN2O2S. The van der Waals surface area contributed by atoms with Gasteiger partial charge in [-0.2, -0.15) is 0 Å². The number of phenols is 1. The summed E-state index contributed by atoms with van der Waals surface area (Å²) in [6.45, 7) is 1.94. The SMILES string of the molecule is Cc1ccc(C(=O)NC(=S)Nc2cccc(O)c2)cc1Br. The number of benzene rings is 2. The molecule has 0 radical (unpaired) electrons. The predicted molar refractivity (Wildman–Crippen MR) is 90.7 cm³/mol. The molecule has 2 aromatic carbocycles. The summed E-state index contributed by atoms with van der Waals surface area (Å²) in [4.78, 5) is 12.1. The van der Waals surface area contributed by atoms with E-state index in [1.807, 2.05) is 13.0 Å². The third-order valence-corrected chi connectivity index (χ3v) is 3.82. The number of halogens is 1. The van der Waals surface area contributed by atoms with E-state index in [0.29, 0.717) is 11.3 Å². The van der Waals surface area contributed by atoms with Crippen LogP contribution in [0, 0.1) is 6.92 Å². The summed E-state index contributed by atoms with van der Waals surface area (Å²) in [7, 11) is 0. The fraction of sp³-hybridized carbons (Fsp3) is 0.0667. The molecule has 0 saturated carbocycles. The van der Waals surface area contributed by atoms with Gasteiger partial charge in [-0.15, -0.1) is 0 Å². The van der Waals surface area contributed by atoms with E-state index in [1.165, 1.54) is 6.07 Å². The monoisotopic (exact) mass is 364 g/mol. The van der Waals surface area contributed by atoms with Crippen molar-refractivity contribution in [3.63, 3.8) is 0 Å². The summed E-state index contributed by atoms with van der Waals surface area (Å²) in [6, 6.07) is 11.8. The molecule has 0 heterocycles. The van der Waals surface area contributed by atoms with E-state index >= 15 is 0 Å². The van der Waals surface area contributed by atoms with E-state index in [9.17, 15) is 9.90 Å². The van der Waals surface area contributed by atoms with Crippen LogP contribution in [0.4, 0.5) is 5.69 Å². The fourth-order valence-corrected chi connectivity index (χ4v) is 2.24. The highest BCUT2D eigenvalue weighted by Gasteiger charge is 2.09. The first-order chi connectivity index (χ1) is 9.95. The molecule has 4 nitrogen and oxygen atoms in total. The van der Waals surface area contributed by atoms with Gasteiger partial charge in [0.2, 0.25) is 0 Å². The van der Waals surface area contributed by atoms with Crippen molar-refractivity contribution >= 4 is 44.9 Å². The number of aryl methyl sites for hydroxylation is 1. The third kappa shape index (κ3) is 4.27. The smallest absolute Gasteiger partial charge is 0.257 e. The molecule has 2 aromatic rings. The second-order valence-electron chi connectivity index (χ2n) is 4.42. The van der Waals surface area contributed by atoms with Gasteiger partial charge in [-0.05, 0) is 49.0 Å². The van der Waals surface area contributed by atoms with Crippen molar-refractivity contribution in [1.29, 1.82) is 0 Å². The molecule has 0 atom stereocenters. The Balaban J connectivity index is 2.02. The molecule has 6 heteroatoms. The van der Waals surface area contributed by atoms with Crippen LogP contribution in [-0.2, 0) is 0 Å². The number of rotatable bonds is 2. The van der Waals surface area contributed by atoms with Gasteiger partial charge >= 0.3 is 0 Å². The Labute approximate surface area is 136 Å². The molecule has 0 saturated heterocycles. The molecule has 3 N–H and O–H groups in total. The highest BCUT2D eigenvalue weighted by Crippen LogP contribution is 2.18. The van der Waals surface area contributed by atoms with E-state index in [0.717, 1.165) is 10.0 Å². The van der Waals surface area contributed by atoms with Gasteiger partial charge in [0, 0.05) is 21.8 Å². The van der Waals surface area contributed by atoms with Crippen molar-refractivity contribution in [2.45, 2.75) is 6.92 Å². The fourth-order valence-electron chi connectivity index (χ4n) is 1.66. The predicted octanol–water partition coefficient (Wildman–Crippen LogP) is 3.59. The molecular weight excluding hydrogens is 352 g/mol. The van der Waals surface area contributed by atoms with Crippen LogP contribution < -0.4 is 10.6 Å². The van der Waals surface area contributed by atoms with E-state index in [1.54, 1.807) is 30.3 Å². The van der Waals surface area contributed by atoms with Crippen molar-refractivity contribution < 1.29 is 9.90 Å². The van der Waals surface area contributed by atoms with Crippen LogP contribution in [0.25, 0.3) is 0 Å². The topological polar surface area (TPSA) is 61.4 Å². The first-order valence-corrected chi connectivity index (χ1v) is 7.33. The standard InChI is InChI=1S/C15H13BrN2O2S/c1-9-5-6-10(7-13(9)16)14(20)18-15(21)17-11-3-2-4-12(19)8-11/h2-8,19H,1H3,(H2,17,18,20,21). The van der Waals surface area contributed by atoms with E-state index in [4.69, 9.17) is 12.2 Å². The molecule has 0 unspecified atom stereocenters. The average Bonchev–Trinajstić information content (AvgIpc) is 2.41. The van der Waals surface area contributed by atoms with Gasteiger partial charge in [0.1, 0.15) is 5.75 Å². The molecule has 0 aliphatic heterocycles. The van der Waals surface area contributed by atoms with Gasteiger partial charge in [-0.3, -0.25) is 10.1 Å². The molecule has 0 bridgehead atoms. The van der Waals surface area contributed by atoms with Crippen LogP contribution in [0.2, 0.25) is 0 Å². The number of phenolic OH excluding ortho intramolecular Hbond substituents is 1. The largest absolute Gasteiger partial charge is 0.508 e. The molecule has 21 heavy (non-hydrogen) atoms. The second-order valence-corrected chi connectivity index (χ2v) is 5.69. The first kappa shape index (κ1) is 15.5. The Kier molecular flexibility index (Phi) is 4.93. The number of amides is 1. The minimum Gasteiger partial charge on any atom is -0.508 e. The van der Waals surface area contributed by atoms with Gasteiger partial charge in [0.05, 0.1) is 0 Å².